The van der Waals surface area contributed by atoms with Crippen molar-refractivity contribution < 1.29 is 14.3 Å². The van der Waals surface area contributed by atoms with Gasteiger partial charge in [-0.05, 0) is 35.9 Å². The van der Waals surface area contributed by atoms with Crippen LogP contribution in [0.3, 0.4) is 0 Å². The Kier molecular flexibility index (Phi) is 4.34. The molecule has 0 aromatic heterocycles. The lowest BCUT2D eigenvalue weighted by Gasteiger charge is -2.05. The molecule has 2 rings (SSSR count). The average molecular weight is 254 g/mol. The first-order valence-electron chi connectivity index (χ1n) is 5.87. The van der Waals surface area contributed by atoms with Gasteiger partial charge in [0.05, 0.1) is 7.11 Å². The third-order valence-electron chi connectivity index (χ3n) is 2.47. The lowest BCUT2D eigenvalue weighted by Crippen LogP contribution is -1.93. The second-order valence-electron chi connectivity index (χ2n) is 3.84. The summed E-state index contributed by atoms with van der Waals surface area (Å²) in [5, 5.41) is 0. The number of carbonyl (C=O) groups excluding carboxylic acids is 1. The number of ether oxygens (including phenoxy) is 2. The van der Waals surface area contributed by atoms with Gasteiger partial charge in [0.25, 0.3) is 0 Å². The van der Waals surface area contributed by atoms with E-state index in [1.165, 1.54) is 13.2 Å². The van der Waals surface area contributed by atoms with Gasteiger partial charge in [-0.1, -0.05) is 30.3 Å². The Morgan fingerprint density at radius 2 is 1.58 bits per heavy atom. The molecule has 0 amide bonds. The molecule has 0 fully saturated rings. The highest BCUT2D eigenvalue weighted by atomic mass is 16.5. The largest absolute Gasteiger partial charge is 0.466 e. The first-order chi connectivity index (χ1) is 9.28. The smallest absolute Gasteiger partial charge is 0.330 e. The number of hydrogen-bond acceptors (Lipinski definition) is 3. The zero-order valence-corrected chi connectivity index (χ0v) is 10.6. The Balaban J connectivity index is 2.03. The molecule has 3 nitrogen and oxygen atoms in total. The van der Waals surface area contributed by atoms with Crippen LogP contribution in [0, 0.1) is 0 Å². The van der Waals surface area contributed by atoms with Crippen molar-refractivity contribution >= 4 is 12.0 Å². The highest BCUT2D eigenvalue weighted by molar-refractivity contribution is 5.86. The SMILES string of the molecule is COC(=O)C=Cc1ccc(Oc2ccccc2)cc1. The van der Waals surface area contributed by atoms with Crippen molar-refractivity contribution in [1.29, 1.82) is 0 Å². The first-order valence-corrected chi connectivity index (χ1v) is 5.87. The molecule has 0 N–H and O–H groups in total. The molecule has 3 heteroatoms. The van der Waals surface area contributed by atoms with E-state index >= 15 is 0 Å². The average Bonchev–Trinajstić information content (AvgIpc) is 2.47. The molecular formula is C16H14O3. The second-order valence-corrected chi connectivity index (χ2v) is 3.84. The Labute approximate surface area is 112 Å². The van der Waals surface area contributed by atoms with Crippen LogP contribution >= 0.6 is 0 Å². The van der Waals surface area contributed by atoms with Crippen molar-refractivity contribution in [2.45, 2.75) is 0 Å². The van der Waals surface area contributed by atoms with E-state index in [1.54, 1.807) is 6.08 Å². The maximum Gasteiger partial charge on any atom is 0.330 e. The number of para-hydroxylation sites is 1. The molecule has 0 atom stereocenters. The molecule has 96 valence electrons. The molecule has 0 aliphatic rings. The van der Waals surface area contributed by atoms with Crippen LogP contribution in [0.4, 0.5) is 0 Å². The molecule has 19 heavy (non-hydrogen) atoms. The van der Waals surface area contributed by atoms with Gasteiger partial charge in [-0.2, -0.15) is 0 Å². The molecule has 0 saturated carbocycles. The predicted molar refractivity (Wildman–Crippen MR) is 74.0 cm³/mol. The van der Waals surface area contributed by atoms with Crippen LogP contribution in [-0.2, 0) is 9.53 Å². The summed E-state index contributed by atoms with van der Waals surface area (Å²) in [6.45, 7) is 0. The van der Waals surface area contributed by atoms with Gasteiger partial charge in [0.2, 0.25) is 0 Å². The molecule has 0 radical (unpaired) electrons. The Morgan fingerprint density at radius 3 is 2.21 bits per heavy atom. The predicted octanol–water partition coefficient (Wildman–Crippen LogP) is 3.67. The monoisotopic (exact) mass is 254 g/mol. The maximum absolute atomic E-state index is 11.0. The van der Waals surface area contributed by atoms with Crippen LogP contribution in [0.2, 0.25) is 0 Å². The van der Waals surface area contributed by atoms with E-state index in [4.69, 9.17) is 4.74 Å². The second kappa shape index (κ2) is 6.40. The molecule has 0 aliphatic carbocycles. The number of hydrogen-bond donors (Lipinski definition) is 0. The minimum atomic E-state index is -0.371. The molecule has 2 aromatic carbocycles. The number of benzene rings is 2. The molecular weight excluding hydrogens is 240 g/mol. The highest BCUT2D eigenvalue weighted by Gasteiger charge is 1.96. The fourth-order valence-electron chi connectivity index (χ4n) is 1.50. The zero-order valence-electron chi connectivity index (χ0n) is 10.6. The van der Waals surface area contributed by atoms with Crippen molar-refractivity contribution in [3.63, 3.8) is 0 Å². The van der Waals surface area contributed by atoms with Crippen molar-refractivity contribution in [3.05, 3.63) is 66.2 Å². The lowest BCUT2D eigenvalue weighted by atomic mass is 10.2. The van der Waals surface area contributed by atoms with E-state index in [-0.39, 0.29) is 5.97 Å². The fourth-order valence-corrected chi connectivity index (χ4v) is 1.50. The minimum absolute atomic E-state index is 0.371. The number of carbonyl (C=O) groups is 1. The summed E-state index contributed by atoms with van der Waals surface area (Å²) in [6.07, 6.45) is 3.07. The quantitative estimate of drug-likeness (QED) is 0.617. The molecule has 0 bridgehead atoms. The van der Waals surface area contributed by atoms with Gasteiger partial charge in [-0.15, -0.1) is 0 Å². The van der Waals surface area contributed by atoms with Crippen molar-refractivity contribution in [3.8, 4) is 11.5 Å². The number of esters is 1. The van der Waals surface area contributed by atoms with Crippen LogP contribution in [0.1, 0.15) is 5.56 Å². The van der Waals surface area contributed by atoms with E-state index in [0.717, 1.165) is 17.1 Å². The van der Waals surface area contributed by atoms with Crippen LogP contribution in [0.25, 0.3) is 6.08 Å². The third-order valence-corrected chi connectivity index (χ3v) is 2.47. The van der Waals surface area contributed by atoms with E-state index in [2.05, 4.69) is 4.74 Å². The van der Waals surface area contributed by atoms with Gasteiger partial charge < -0.3 is 9.47 Å². The molecule has 0 heterocycles. The number of methoxy groups -OCH3 is 1. The molecule has 0 saturated heterocycles. The number of rotatable bonds is 4. The van der Waals surface area contributed by atoms with Crippen molar-refractivity contribution in [1.82, 2.24) is 0 Å². The summed E-state index contributed by atoms with van der Waals surface area (Å²) in [5.74, 6) is 1.17. The van der Waals surface area contributed by atoms with Crippen LogP contribution in [0.5, 0.6) is 11.5 Å². The van der Waals surface area contributed by atoms with E-state index in [1.807, 2.05) is 54.6 Å². The molecule has 0 aliphatic heterocycles. The zero-order chi connectivity index (χ0) is 13.5. The third kappa shape index (κ3) is 4.00. The fraction of sp³-hybridized carbons (Fsp3) is 0.0625. The van der Waals surface area contributed by atoms with Crippen LogP contribution < -0.4 is 4.74 Å². The van der Waals surface area contributed by atoms with Gasteiger partial charge in [-0.3, -0.25) is 0 Å². The summed E-state index contributed by atoms with van der Waals surface area (Å²) >= 11 is 0. The summed E-state index contributed by atoms with van der Waals surface area (Å²) in [6, 6.07) is 17.0. The topological polar surface area (TPSA) is 35.5 Å². The van der Waals surface area contributed by atoms with Crippen molar-refractivity contribution in [2.24, 2.45) is 0 Å². The Hall–Kier alpha value is -2.55. The summed E-state index contributed by atoms with van der Waals surface area (Å²) < 4.78 is 10.2. The van der Waals surface area contributed by atoms with E-state index in [0.29, 0.717) is 0 Å². The van der Waals surface area contributed by atoms with Crippen LogP contribution in [-0.4, -0.2) is 13.1 Å². The molecule has 0 unspecified atom stereocenters. The molecule has 2 aromatic rings. The molecule has 0 spiro atoms. The lowest BCUT2D eigenvalue weighted by molar-refractivity contribution is -0.134. The summed E-state index contributed by atoms with van der Waals surface area (Å²) in [4.78, 5) is 11.0. The van der Waals surface area contributed by atoms with Gasteiger partial charge in [0.15, 0.2) is 0 Å². The highest BCUT2D eigenvalue weighted by Crippen LogP contribution is 2.21. The Morgan fingerprint density at radius 1 is 0.947 bits per heavy atom. The van der Waals surface area contributed by atoms with Gasteiger partial charge in [-0.25, -0.2) is 4.79 Å². The van der Waals surface area contributed by atoms with Gasteiger partial charge in [0, 0.05) is 6.08 Å². The van der Waals surface area contributed by atoms with Gasteiger partial charge in [0.1, 0.15) is 11.5 Å². The van der Waals surface area contributed by atoms with Crippen LogP contribution in [0.15, 0.2) is 60.7 Å². The maximum atomic E-state index is 11.0. The normalized spacial score (nSPS) is 10.4. The van der Waals surface area contributed by atoms with E-state index < -0.39 is 0 Å². The summed E-state index contributed by atoms with van der Waals surface area (Å²) in [7, 11) is 1.35. The standard InChI is InChI=1S/C16H14O3/c1-18-16(17)12-9-13-7-10-15(11-8-13)19-14-5-3-2-4-6-14/h2-12H,1H3. The first kappa shape index (κ1) is 12.9. The summed E-state index contributed by atoms with van der Waals surface area (Å²) in [5.41, 5.74) is 0.908. The van der Waals surface area contributed by atoms with Gasteiger partial charge >= 0.3 is 5.97 Å². The minimum Gasteiger partial charge on any atom is -0.466 e. The van der Waals surface area contributed by atoms with Crippen molar-refractivity contribution in [2.75, 3.05) is 7.11 Å². The van der Waals surface area contributed by atoms with E-state index in [9.17, 15) is 4.79 Å². The Bertz CT molecular complexity index is 556.